The van der Waals surface area contributed by atoms with Gasteiger partial charge in [0, 0.05) is 31.9 Å². The molecular weight excluding hydrogens is 383 g/mol. The number of rotatable bonds is 5. The Balaban J connectivity index is 1.33. The Morgan fingerprint density at radius 3 is 2.47 bits per heavy atom. The zero-order valence-corrected chi connectivity index (χ0v) is 17.2. The number of anilines is 1. The second-order valence-corrected chi connectivity index (χ2v) is 7.51. The minimum absolute atomic E-state index is 0.108. The van der Waals surface area contributed by atoms with E-state index in [1.54, 1.807) is 24.3 Å². The molecule has 1 aromatic heterocycles. The van der Waals surface area contributed by atoms with Gasteiger partial charge >= 0.3 is 0 Å². The Labute approximate surface area is 175 Å². The van der Waals surface area contributed by atoms with E-state index in [-0.39, 0.29) is 18.3 Å². The number of carbonyl (C=O) groups is 1. The van der Waals surface area contributed by atoms with Gasteiger partial charge in [0.25, 0.3) is 5.91 Å². The predicted molar refractivity (Wildman–Crippen MR) is 113 cm³/mol. The fourth-order valence-electron chi connectivity index (χ4n) is 3.64. The van der Waals surface area contributed by atoms with Gasteiger partial charge in [0.1, 0.15) is 23.9 Å². The zero-order valence-electron chi connectivity index (χ0n) is 17.2. The number of carbonyl (C=O) groups excluding carboxylic acids is 1. The van der Waals surface area contributed by atoms with Crippen molar-refractivity contribution < 1.29 is 18.3 Å². The molecular formula is C24H25FN2O3. The molecule has 3 aromatic rings. The second kappa shape index (κ2) is 8.61. The van der Waals surface area contributed by atoms with Gasteiger partial charge in [-0.05, 0) is 67.4 Å². The molecule has 4 rings (SSSR count). The molecule has 6 heteroatoms. The molecule has 0 radical (unpaired) electrons. The van der Waals surface area contributed by atoms with Crippen molar-refractivity contribution >= 4 is 11.6 Å². The van der Waals surface area contributed by atoms with Crippen LogP contribution in [0.3, 0.4) is 0 Å². The lowest BCUT2D eigenvalue weighted by Crippen LogP contribution is -2.49. The fourth-order valence-corrected chi connectivity index (χ4v) is 3.64. The van der Waals surface area contributed by atoms with Gasteiger partial charge in [-0.3, -0.25) is 4.79 Å². The fraction of sp³-hybridized carbons (Fsp3) is 0.292. The number of piperazine rings is 1. The zero-order chi connectivity index (χ0) is 21.1. The molecule has 0 aliphatic carbocycles. The Morgan fingerprint density at radius 2 is 1.73 bits per heavy atom. The van der Waals surface area contributed by atoms with Crippen LogP contribution in [0, 0.1) is 19.7 Å². The normalized spacial score (nSPS) is 14.1. The van der Waals surface area contributed by atoms with Crippen molar-refractivity contribution in [3.8, 4) is 5.75 Å². The molecule has 5 nitrogen and oxygen atoms in total. The topological polar surface area (TPSA) is 45.9 Å². The quantitative estimate of drug-likeness (QED) is 0.620. The predicted octanol–water partition coefficient (Wildman–Crippen LogP) is 4.58. The van der Waals surface area contributed by atoms with Crippen molar-refractivity contribution in [2.75, 3.05) is 31.1 Å². The summed E-state index contributed by atoms with van der Waals surface area (Å²) in [5.41, 5.74) is 3.80. The van der Waals surface area contributed by atoms with Crippen molar-refractivity contribution in [2.45, 2.75) is 20.5 Å². The Kier molecular flexibility index (Phi) is 5.74. The highest BCUT2D eigenvalue weighted by atomic mass is 19.1. The summed E-state index contributed by atoms with van der Waals surface area (Å²) < 4.78 is 24.2. The molecule has 1 aliphatic heterocycles. The summed E-state index contributed by atoms with van der Waals surface area (Å²) in [5, 5.41) is 0. The Morgan fingerprint density at radius 1 is 1.00 bits per heavy atom. The number of nitrogens with zero attached hydrogens (tertiary/aromatic N) is 2. The summed E-state index contributed by atoms with van der Waals surface area (Å²) in [5.74, 6) is 0.988. The standard InChI is InChI=1S/C24H25FN2O3/c1-17-4-3-5-22(18(17)2)26-12-14-27(15-13-26)24(28)23-11-10-21(30-23)16-29-20-8-6-19(25)7-9-20/h3-11H,12-16H2,1-2H3. The van der Waals surface area contributed by atoms with Crippen LogP contribution < -0.4 is 9.64 Å². The van der Waals surface area contributed by atoms with Gasteiger partial charge in [-0.15, -0.1) is 0 Å². The molecule has 0 spiro atoms. The Bertz CT molecular complexity index is 1020. The van der Waals surface area contributed by atoms with E-state index in [0.29, 0.717) is 30.4 Å². The SMILES string of the molecule is Cc1cccc(N2CCN(C(=O)c3ccc(COc4ccc(F)cc4)o3)CC2)c1C. The molecule has 0 saturated carbocycles. The van der Waals surface area contributed by atoms with Gasteiger partial charge in [-0.25, -0.2) is 4.39 Å². The van der Waals surface area contributed by atoms with Crippen molar-refractivity contribution in [2.24, 2.45) is 0 Å². The third-order valence-electron chi connectivity index (χ3n) is 5.55. The average molecular weight is 408 g/mol. The average Bonchev–Trinajstić information content (AvgIpc) is 3.24. The summed E-state index contributed by atoms with van der Waals surface area (Å²) in [6.07, 6.45) is 0. The number of ether oxygens (including phenoxy) is 1. The number of amides is 1. The van der Waals surface area contributed by atoms with E-state index in [4.69, 9.17) is 9.15 Å². The van der Waals surface area contributed by atoms with E-state index in [2.05, 4.69) is 36.9 Å². The summed E-state index contributed by atoms with van der Waals surface area (Å²) in [4.78, 5) is 17.0. The molecule has 0 N–H and O–H groups in total. The van der Waals surface area contributed by atoms with E-state index >= 15 is 0 Å². The van der Waals surface area contributed by atoms with Crippen molar-refractivity contribution in [3.63, 3.8) is 0 Å². The van der Waals surface area contributed by atoms with Gasteiger partial charge in [0.2, 0.25) is 0 Å². The van der Waals surface area contributed by atoms with Crippen LogP contribution in [0.4, 0.5) is 10.1 Å². The summed E-state index contributed by atoms with van der Waals surface area (Å²) >= 11 is 0. The molecule has 1 amide bonds. The maximum Gasteiger partial charge on any atom is 0.289 e. The lowest BCUT2D eigenvalue weighted by atomic mass is 10.1. The highest BCUT2D eigenvalue weighted by molar-refractivity contribution is 5.91. The number of furan rings is 1. The molecule has 2 heterocycles. The van der Waals surface area contributed by atoms with E-state index in [1.807, 2.05) is 4.90 Å². The van der Waals surface area contributed by atoms with Gasteiger partial charge in [0.15, 0.2) is 5.76 Å². The molecule has 0 bridgehead atoms. The van der Waals surface area contributed by atoms with E-state index in [1.165, 1.54) is 28.9 Å². The lowest BCUT2D eigenvalue weighted by Gasteiger charge is -2.36. The van der Waals surface area contributed by atoms with Gasteiger partial charge < -0.3 is 19.0 Å². The molecule has 2 aromatic carbocycles. The summed E-state index contributed by atoms with van der Waals surface area (Å²) in [6.45, 7) is 7.31. The maximum absolute atomic E-state index is 13.0. The molecule has 1 fully saturated rings. The van der Waals surface area contributed by atoms with Crippen LogP contribution in [0.25, 0.3) is 0 Å². The van der Waals surface area contributed by atoms with Crippen LogP contribution in [-0.2, 0) is 6.61 Å². The highest BCUT2D eigenvalue weighted by Gasteiger charge is 2.25. The summed E-state index contributed by atoms with van der Waals surface area (Å²) in [6, 6.07) is 15.5. The maximum atomic E-state index is 13.0. The minimum atomic E-state index is -0.314. The van der Waals surface area contributed by atoms with Crippen LogP contribution in [0.2, 0.25) is 0 Å². The number of aryl methyl sites for hydroxylation is 1. The second-order valence-electron chi connectivity index (χ2n) is 7.51. The molecule has 30 heavy (non-hydrogen) atoms. The monoisotopic (exact) mass is 408 g/mol. The number of hydrogen-bond acceptors (Lipinski definition) is 4. The molecule has 156 valence electrons. The molecule has 0 atom stereocenters. The third-order valence-corrected chi connectivity index (χ3v) is 5.55. The first-order valence-electron chi connectivity index (χ1n) is 10.1. The number of halogens is 1. The number of hydrogen-bond donors (Lipinski definition) is 0. The molecule has 1 aliphatic rings. The van der Waals surface area contributed by atoms with Crippen molar-refractivity contribution in [1.29, 1.82) is 0 Å². The van der Waals surface area contributed by atoms with Gasteiger partial charge in [-0.2, -0.15) is 0 Å². The first-order valence-corrected chi connectivity index (χ1v) is 10.1. The van der Waals surface area contributed by atoms with E-state index in [9.17, 15) is 9.18 Å². The van der Waals surface area contributed by atoms with Crippen LogP contribution in [0.5, 0.6) is 5.75 Å². The first-order chi connectivity index (χ1) is 14.5. The highest BCUT2D eigenvalue weighted by Crippen LogP contribution is 2.24. The van der Waals surface area contributed by atoms with Crippen LogP contribution >= 0.6 is 0 Å². The van der Waals surface area contributed by atoms with E-state index in [0.717, 1.165) is 13.1 Å². The van der Waals surface area contributed by atoms with Crippen LogP contribution in [0.1, 0.15) is 27.4 Å². The largest absolute Gasteiger partial charge is 0.486 e. The Hall–Kier alpha value is -3.28. The minimum Gasteiger partial charge on any atom is -0.486 e. The third kappa shape index (κ3) is 4.32. The number of benzene rings is 2. The molecule has 1 saturated heterocycles. The van der Waals surface area contributed by atoms with Crippen LogP contribution in [0.15, 0.2) is 59.0 Å². The summed E-state index contributed by atoms with van der Waals surface area (Å²) in [7, 11) is 0. The van der Waals surface area contributed by atoms with Gasteiger partial charge in [0.05, 0.1) is 0 Å². The van der Waals surface area contributed by atoms with Gasteiger partial charge in [-0.1, -0.05) is 12.1 Å². The lowest BCUT2D eigenvalue weighted by molar-refractivity contribution is 0.0710. The van der Waals surface area contributed by atoms with Crippen molar-refractivity contribution in [1.82, 2.24) is 4.90 Å². The van der Waals surface area contributed by atoms with Crippen molar-refractivity contribution in [3.05, 3.63) is 83.1 Å². The van der Waals surface area contributed by atoms with Crippen LogP contribution in [-0.4, -0.2) is 37.0 Å². The first kappa shape index (κ1) is 20.0. The van der Waals surface area contributed by atoms with E-state index < -0.39 is 0 Å². The molecule has 0 unspecified atom stereocenters. The smallest absolute Gasteiger partial charge is 0.289 e.